The van der Waals surface area contributed by atoms with Crippen molar-refractivity contribution in [3.8, 4) is 11.4 Å². The molecule has 4 rings (SSSR count). The van der Waals surface area contributed by atoms with Gasteiger partial charge < -0.3 is 15.5 Å². The smallest absolute Gasteiger partial charge is 0.236 e. The predicted octanol–water partition coefficient (Wildman–Crippen LogP) is 0.801. The zero-order chi connectivity index (χ0) is 17.9. The molecule has 0 saturated carbocycles. The summed E-state index contributed by atoms with van der Waals surface area (Å²) in [4.78, 5) is 29.9. The molecule has 0 unspecified atom stereocenters. The second-order valence-corrected chi connectivity index (χ2v) is 6.49. The summed E-state index contributed by atoms with van der Waals surface area (Å²) in [6.45, 7) is 3.06. The van der Waals surface area contributed by atoms with Crippen LogP contribution < -0.4 is 10.6 Å². The van der Waals surface area contributed by atoms with Crippen molar-refractivity contribution in [2.45, 2.75) is 12.8 Å². The highest BCUT2D eigenvalue weighted by Gasteiger charge is 2.25. The lowest BCUT2D eigenvalue weighted by atomic mass is 10.1. The molecule has 0 aromatic carbocycles. The van der Waals surface area contributed by atoms with Gasteiger partial charge in [-0.1, -0.05) is 12.2 Å². The van der Waals surface area contributed by atoms with Gasteiger partial charge in [0.25, 0.3) is 0 Å². The molecular weight excluding hydrogens is 328 g/mol. The minimum absolute atomic E-state index is 0.00971. The molecule has 0 saturated heterocycles. The molecule has 7 heteroatoms. The molecule has 7 nitrogen and oxygen atoms in total. The highest BCUT2D eigenvalue weighted by molar-refractivity contribution is 5.78. The lowest BCUT2D eigenvalue weighted by molar-refractivity contribution is -0.129. The topological polar surface area (TPSA) is 88.2 Å². The third-order valence-corrected chi connectivity index (χ3v) is 4.90. The monoisotopic (exact) mass is 350 g/mol. The maximum absolute atomic E-state index is 12.0. The van der Waals surface area contributed by atoms with Gasteiger partial charge in [-0.2, -0.15) is 0 Å². The number of pyridine rings is 1. The largest absolute Gasteiger partial charge is 0.349 e. The quantitative estimate of drug-likeness (QED) is 0.824. The third-order valence-electron chi connectivity index (χ3n) is 4.90. The summed E-state index contributed by atoms with van der Waals surface area (Å²) in [5, 5.41) is 0. The van der Waals surface area contributed by atoms with Gasteiger partial charge in [-0.05, 0) is 18.6 Å². The van der Waals surface area contributed by atoms with Crippen molar-refractivity contribution in [2.75, 3.05) is 37.6 Å². The van der Waals surface area contributed by atoms with Gasteiger partial charge in [0.15, 0.2) is 5.82 Å². The second kappa shape index (κ2) is 7.21. The predicted molar refractivity (Wildman–Crippen MR) is 99.7 cm³/mol. The number of hydrogen-bond donors (Lipinski definition) is 1. The molecular formula is C19H22N6O. The van der Waals surface area contributed by atoms with E-state index in [0.717, 1.165) is 48.6 Å². The number of aromatic nitrogens is 3. The Morgan fingerprint density at radius 2 is 1.81 bits per heavy atom. The Labute approximate surface area is 152 Å². The molecule has 0 atom stereocenters. The third kappa shape index (κ3) is 3.17. The van der Waals surface area contributed by atoms with E-state index in [9.17, 15) is 4.79 Å². The van der Waals surface area contributed by atoms with Gasteiger partial charge in [0, 0.05) is 56.1 Å². The first-order chi connectivity index (χ1) is 12.8. The first-order valence-electron chi connectivity index (χ1n) is 8.94. The zero-order valence-corrected chi connectivity index (χ0v) is 14.6. The van der Waals surface area contributed by atoms with Gasteiger partial charge in [0.2, 0.25) is 5.91 Å². The molecule has 0 bridgehead atoms. The number of nitrogens with zero attached hydrogens (tertiary/aromatic N) is 5. The first kappa shape index (κ1) is 16.7. The SMILES string of the molecule is NCC(=O)N1CCc2nc(-c3ccncc3)nc(N3CC=CC3)c2CC1. The van der Waals surface area contributed by atoms with Crippen molar-refractivity contribution in [2.24, 2.45) is 5.73 Å². The average Bonchev–Trinajstić information content (AvgIpc) is 3.14. The lowest BCUT2D eigenvalue weighted by Crippen LogP contribution is -2.37. The molecule has 2 N–H and O–H groups in total. The Morgan fingerprint density at radius 1 is 1.08 bits per heavy atom. The van der Waals surface area contributed by atoms with Crippen LogP contribution in [0.5, 0.6) is 0 Å². The van der Waals surface area contributed by atoms with Crippen LogP contribution in [-0.2, 0) is 17.6 Å². The molecule has 2 aromatic heterocycles. The average molecular weight is 350 g/mol. The first-order valence-corrected chi connectivity index (χ1v) is 8.94. The van der Waals surface area contributed by atoms with E-state index in [4.69, 9.17) is 15.7 Å². The highest BCUT2D eigenvalue weighted by Crippen LogP contribution is 2.29. The Balaban J connectivity index is 1.75. The van der Waals surface area contributed by atoms with E-state index >= 15 is 0 Å². The van der Waals surface area contributed by atoms with Crippen LogP contribution in [0.25, 0.3) is 11.4 Å². The lowest BCUT2D eigenvalue weighted by Gasteiger charge is -2.22. The van der Waals surface area contributed by atoms with Crippen molar-refractivity contribution in [3.63, 3.8) is 0 Å². The van der Waals surface area contributed by atoms with Crippen LogP contribution in [0.4, 0.5) is 5.82 Å². The van der Waals surface area contributed by atoms with E-state index in [-0.39, 0.29) is 12.5 Å². The van der Waals surface area contributed by atoms with Crippen molar-refractivity contribution >= 4 is 11.7 Å². The number of rotatable bonds is 3. The molecule has 2 aliphatic heterocycles. The highest BCUT2D eigenvalue weighted by atomic mass is 16.2. The van der Waals surface area contributed by atoms with Crippen molar-refractivity contribution in [3.05, 3.63) is 47.9 Å². The maximum Gasteiger partial charge on any atom is 0.236 e. The summed E-state index contributed by atoms with van der Waals surface area (Å²) in [6.07, 6.45) is 9.29. The van der Waals surface area contributed by atoms with Crippen LogP contribution in [0.1, 0.15) is 11.3 Å². The van der Waals surface area contributed by atoms with Crippen LogP contribution in [-0.4, -0.2) is 58.5 Å². The second-order valence-electron chi connectivity index (χ2n) is 6.49. The summed E-state index contributed by atoms with van der Waals surface area (Å²) < 4.78 is 0. The van der Waals surface area contributed by atoms with Gasteiger partial charge in [-0.25, -0.2) is 9.97 Å². The molecule has 2 aliphatic rings. The number of amides is 1. The molecule has 26 heavy (non-hydrogen) atoms. The Kier molecular flexibility index (Phi) is 4.62. The number of carbonyl (C=O) groups excluding carboxylic acids is 1. The summed E-state index contributed by atoms with van der Waals surface area (Å²) >= 11 is 0. The van der Waals surface area contributed by atoms with Crippen LogP contribution >= 0.6 is 0 Å². The minimum atomic E-state index is -0.00971. The normalized spacial score (nSPS) is 16.5. The fraction of sp³-hybridized carbons (Fsp3) is 0.368. The molecule has 0 fully saturated rings. The van der Waals surface area contributed by atoms with E-state index in [1.54, 1.807) is 12.4 Å². The van der Waals surface area contributed by atoms with Crippen LogP contribution in [0.3, 0.4) is 0 Å². The number of hydrogen-bond acceptors (Lipinski definition) is 6. The fourth-order valence-corrected chi connectivity index (χ4v) is 3.50. The van der Waals surface area contributed by atoms with Crippen LogP contribution in [0.15, 0.2) is 36.7 Å². The number of fused-ring (bicyclic) bond motifs is 1. The zero-order valence-electron chi connectivity index (χ0n) is 14.6. The Bertz CT molecular complexity index is 827. The summed E-state index contributed by atoms with van der Waals surface area (Å²) in [7, 11) is 0. The molecule has 2 aromatic rings. The Hall–Kier alpha value is -2.80. The summed E-state index contributed by atoms with van der Waals surface area (Å²) in [5.41, 5.74) is 8.68. The molecule has 0 aliphatic carbocycles. The molecule has 0 radical (unpaired) electrons. The minimum Gasteiger partial charge on any atom is -0.349 e. The molecule has 134 valence electrons. The van der Waals surface area contributed by atoms with Gasteiger partial charge in [0.1, 0.15) is 5.82 Å². The number of anilines is 1. The summed E-state index contributed by atoms with van der Waals surface area (Å²) in [6, 6.07) is 3.85. The van der Waals surface area contributed by atoms with Gasteiger partial charge in [-0.15, -0.1) is 0 Å². The number of carbonyl (C=O) groups is 1. The van der Waals surface area contributed by atoms with Crippen molar-refractivity contribution in [1.29, 1.82) is 0 Å². The van der Waals surface area contributed by atoms with E-state index in [1.165, 1.54) is 0 Å². The van der Waals surface area contributed by atoms with Crippen molar-refractivity contribution < 1.29 is 4.79 Å². The molecule has 1 amide bonds. The van der Waals surface area contributed by atoms with Crippen molar-refractivity contribution in [1.82, 2.24) is 19.9 Å². The van der Waals surface area contributed by atoms with Crippen LogP contribution in [0, 0.1) is 0 Å². The van der Waals surface area contributed by atoms with Gasteiger partial charge in [-0.3, -0.25) is 9.78 Å². The van der Waals surface area contributed by atoms with E-state index in [1.807, 2.05) is 17.0 Å². The van der Waals surface area contributed by atoms with Gasteiger partial charge >= 0.3 is 0 Å². The Morgan fingerprint density at radius 3 is 2.54 bits per heavy atom. The van der Waals surface area contributed by atoms with E-state index in [2.05, 4.69) is 22.0 Å². The summed E-state index contributed by atoms with van der Waals surface area (Å²) in [5.74, 6) is 1.69. The standard InChI is InChI=1S/C19H22N6O/c20-13-17(26)24-11-5-15-16(6-12-24)22-18(14-3-7-21-8-4-14)23-19(15)25-9-1-2-10-25/h1-4,7-8H,5-6,9-13,20H2. The van der Waals surface area contributed by atoms with E-state index < -0.39 is 0 Å². The number of nitrogens with two attached hydrogens (primary N) is 1. The van der Waals surface area contributed by atoms with Gasteiger partial charge in [0.05, 0.1) is 12.2 Å². The fourth-order valence-electron chi connectivity index (χ4n) is 3.50. The molecule has 4 heterocycles. The van der Waals surface area contributed by atoms with Crippen LogP contribution in [0.2, 0.25) is 0 Å². The maximum atomic E-state index is 12.0. The van der Waals surface area contributed by atoms with E-state index in [0.29, 0.717) is 18.9 Å². The molecule has 0 spiro atoms.